The van der Waals surface area contributed by atoms with Crippen molar-refractivity contribution in [3.8, 4) is 0 Å². The predicted molar refractivity (Wildman–Crippen MR) is 177 cm³/mol. The highest BCUT2D eigenvalue weighted by Gasteiger charge is 2.50. The normalized spacial score (nSPS) is 19.1. The summed E-state index contributed by atoms with van der Waals surface area (Å²) in [6.45, 7) is 29.1. The monoisotopic (exact) mass is 587 g/mol. The fourth-order valence-corrected chi connectivity index (χ4v) is 18.7. The quantitative estimate of drug-likeness (QED) is 0.116. The second kappa shape index (κ2) is 15.3. The van der Waals surface area contributed by atoms with Crippen LogP contribution in [0.15, 0.2) is 42.5 Å². The van der Waals surface area contributed by atoms with Gasteiger partial charge in [-0.25, -0.2) is 0 Å². The van der Waals surface area contributed by atoms with E-state index < -0.39 is 16.6 Å². The molecule has 1 aliphatic rings. The van der Waals surface area contributed by atoms with Gasteiger partial charge in [0.1, 0.15) is 6.04 Å². The maximum atomic E-state index is 14.1. The largest absolute Gasteiger partial charge is 0.517 e. The molecule has 6 heteroatoms. The van der Waals surface area contributed by atoms with Crippen LogP contribution < -0.4 is 0 Å². The third-order valence-corrected chi connectivity index (χ3v) is 21.8. The molecule has 0 aliphatic carbocycles. The van der Waals surface area contributed by atoms with Gasteiger partial charge >= 0.3 is 5.97 Å². The summed E-state index contributed by atoms with van der Waals surface area (Å²) >= 11 is 0. The summed E-state index contributed by atoms with van der Waals surface area (Å²) in [5.41, 5.74) is 4.12. The van der Waals surface area contributed by atoms with Gasteiger partial charge < -0.3 is 8.85 Å². The van der Waals surface area contributed by atoms with Crippen molar-refractivity contribution in [3.05, 3.63) is 48.0 Å². The molecule has 0 fully saturated rings. The van der Waals surface area contributed by atoms with Crippen LogP contribution in [-0.4, -0.2) is 46.2 Å². The van der Waals surface area contributed by atoms with Crippen LogP contribution in [0.4, 0.5) is 0 Å². The molecule has 2 atom stereocenters. The van der Waals surface area contributed by atoms with Gasteiger partial charge in [-0.05, 0) is 58.1 Å². The maximum absolute atomic E-state index is 14.1. The van der Waals surface area contributed by atoms with Gasteiger partial charge in [0, 0.05) is 19.2 Å². The Bertz CT molecular complexity index is 883. The number of carbonyl (C=O) groups is 1. The van der Waals surface area contributed by atoms with E-state index in [2.05, 4.69) is 130 Å². The van der Waals surface area contributed by atoms with Crippen molar-refractivity contribution in [3.63, 3.8) is 0 Å². The van der Waals surface area contributed by atoms with Crippen molar-refractivity contribution in [2.45, 2.75) is 154 Å². The second-order valence-corrected chi connectivity index (χ2v) is 24.8. The molecule has 0 saturated heterocycles. The summed E-state index contributed by atoms with van der Waals surface area (Å²) < 4.78 is 13.6. The van der Waals surface area contributed by atoms with Crippen molar-refractivity contribution in [2.75, 3.05) is 6.61 Å². The zero-order valence-corrected chi connectivity index (χ0v) is 29.9. The van der Waals surface area contributed by atoms with Crippen LogP contribution in [0.3, 0.4) is 0 Å². The van der Waals surface area contributed by atoms with Crippen LogP contribution in [0.5, 0.6) is 0 Å². The summed E-state index contributed by atoms with van der Waals surface area (Å²) in [6, 6.07) is 10.5. The van der Waals surface area contributed by atoms with E-state index in [9.17, 15) is 4.79 Å². The van der Waals surface area contributed by atoms with Gasteiger partial charge in [0.25, 0.3) is 8.32 Å². The van der Waals surface area contributed by atoms with E-state index in [1.54, 1.807) is 0 Å². The number of benzene rings is 1. The average Bonchev–Trinajstić information content (AvgIpc) is 2.87. The van der Waals surface area contributed by atoms with Crippen molar-refractivity contribution in [1.29, 1.82) is 0 Å². The van der Waals surface area contributed by atoms with E-state index >= 15 is 0 Å². The third kappa shape index (κ3) is 7.78. The van der Waals surface area contributed by atoms with E-state index in [-0.39, 0.29) is 18.1 Å². The first kappa shape index (κ1) is 35.0. The number of hydrogen-bond acceptors (Lipinski definition) is 4. The lowest BCUT2D eigenvalue weighted by atomic mass is 9.98. The standard InChI is InChI=1S/C34H61NO3Si2/c1-25(2)39(26(3)4,27(5)6)37-23-17-21-32-20-16-22-33(35(32)24-31-18-14-13-15-19-31)34(36)38-40(28(7)8,29(9)10)30(11)12/h13-16,18-20,25-30,32-33H,17,21-24H2,1-12H3/t32-,33+/m1/s1. The Morgan fingerprint density at radius 2 is 1.30 bits per heavy atom. The van der Waals surface area contributed by atoms with Gasteiger partial charge in [0.15, 0.2) is 8.32 Å². The van der Waals surface area contributed by atoms with E-state index in [0.29, 0.717) is 39.7 Å². The van der Waals surface area contributed by atoms with Gasteiger partial charge in [0.2, 0.25) is 0 Å². The van der Waals surface area contributed by atoms with Crippen molar-refractivity contribution >= 4 is 22.6 Å². The molecule has 228 valence electrons. The molecule has 1 aromatic rings. The minimum atomic E-state index is -2.32. The molecule has 0 amide bonds. The first-order valence-electron chi connectivity index (χ1n) is 16.0. The van der Waals surface area contributed by atoms with Crippen molar-refractivity contribution in [1.82, 2.24) is 4.90 Å². The maximum Gasteiger partial charge on any atom is 0.310 e. The van der Waals surface area contributed by atoms with Crippen molar-refractivity contribution < 1.29 is 13.6 Å². The first-order chi connectivity index (χ1) is 18.7. The zero-order chi connectivity index (χ0) is 30.3. The molecule has 1 aromatic carbocycles. The van der Waals surface area contributed by atoms with Crippen LogP contribution in [0.25, 0.3) is 0 Å². The molecular formula is C34H61NO3Si2. The van der Waals surface area contributed by atoms with Crippen LogP contribution >= 0.6 is 0 Å². The van der Waals surface area contributed by atoms with Gasteiger partial charge in [-0.1, -0.05) is 126 Å². The van der Waals surface area contributed by atoms with E-state index in [4.69, 9.17) is 8.85 Å². The second-order valence-electron chi connectivity index (χ2n) is 14.0. The molecular weight excluding hydrogens is 527 g/mol. The number of carbonyl (C=O) groups excluding carboxylic acids is 1. The van der Waals surface area contributed by atoms with E-state index in [1.165, 1.54) is 5.56 Å². The molecule has 0 N–H and O–H groups in total. The highest BCUT2D eigenvalue weighted by Crippen LogP contribution is 2.44. The zero-order valence-electron chi connectivity index (χ0n) is 27.9. The summed E-state index contributed by atoms with van der Waals surface area (Å²) in [6.07, 6.45) is 7.22. The molecule has 1 aliphatic heterocycles. The Kier molecular flexibility index (Phi) is 13.4. The Hall–Kier alpha value is -1.22. The Labute approximate surface area is 249 Å². The van der Waals surface area contributed by atoms with Gasteiger partial charge in [0.05, 0.1) is 0 Å². The summed E-state index contributed by atoms with van der Waals surface area (Å²) in [7, 11) is -4.20. The fourth-order valence-electron chi connectivity index (χ4n) is 7.99. The number of rotatable bonds is 15. The number of hydrogen-bond donors (Lipinski definition) is 0. The Balaban J connectivity index is 2.28. The molecule has 4 nitrogen and oxygen atoms in total. The SMILES string of the molecule is CC(C)[Si](OCCC[C@H]1C=CC[C@@H](C(=O)O[Si](C(C)C)(C(C)C)C(C)C)N1Cc1ccccc1)(C(C)C)C(C)C. The highest BCUT2D eigenvalue weighted by molar-refractivity contribution is 6.79. The van der Waals surface area contributed by atoms with Crippen LogP contribution in [-0.2, 0) is 20.2 Å². The van der Waals surface area contributed by atoms with Gasteiger partial charge in [-0.2, -0.15) is 0 Å². The van der Waals surface area contributed by atoms with Crippen LogP contribution in [0.2, 0.25) is 33.2 Å². The van der Waals surface area contributed by atoms with Gasteiger partial charge in [-0.3, -0.25) is 9.69 Å². The van der Waals surface area contributed by atoms with Crippen molar-refractivity contribution in [2.24, 2.45) is 0 Å². The minimum Gasteiger partial charge on any atom is -0.517 e. The molecule has 0 saturated carbocycles. The lowest BCUT2D eigenvalue weighted by Gasteiger charge is -2.45. The molecule has 0 radical (unpaired) electrons. The molecule has 40 heavy (non-hydrogen) atoms. The third-order valence-electron chi connectivity index (χ3n) is 9.71. The topological polar surface area (TPSA) is 38.8 Å². The molecule has 0 aromatic heterocycles. The smallest absolute Gasteiger partial charge is 0.310 e. The fraction of sp³-hybridized carbons (Fsp3) is 0.735. The Morgan fingerprint density at radius 1 is 0.800 bits per heavy atom. The van der Waals surface area contributed by atoms with Crippen LogP contribution in [0, 0.1) is 0 Å². The summed E-state index contributed by atoms with van der Waals surface area (Å²) in [5.74, 6) is -0.0184. The molecule has 2 rings (SSSR count). The average molecular weight is 588 g/mol. The Morgan fingerprint density at radius 3 is 1.77 bits per heavy atom. The molecule has 0 spiro atoms. The number of nitrogens with zero attached hydrogens (tertiary/aromatic N) is 1. The highest BCUT2D eigenvalue weighted by atomic mass is 28.4. The summed E-state index contributed by atoms with van der Waals surface area (Å²) in [5, 5.41) is 0. The predicted octanol–water partition coefficient (Wildman–Crippen LogP) is 9.88. The minimum absolute atomic E-state index is 0.0184. The lowest BCUT2D eigenvalue weighted by Crippen LogP contribution is -2.55. The van der Waals surface area contributed by atoms with Gasteiger partial charge in [-0.15, -0.1) is 0 Å². The summed E-state index contributed by atoms with van der Waals surface area (Å²) in [4.78, 5) is 16.5. The molecule has 1 heterocycles. The molecule has 0 bridgehead atoms. The first-order valence-corrected chi connectivity index (χ1v) is 20.3. The van der Waals surface area contributed by atoms with E-state index in [0.717, 1.165) is 26.0 Å². The van der Waals surface area contributed by atoms with E-state index in [1.807, 2.05) is 0 Å². The van der Waals surface area contributed by atoms with Crippen LogP contribution in [0.1, 0.15) is 108 Å². The molecule has 0 unspecified atom stereocenters. The lowest BCUT2D eigenvalue weighted by molar-refractivity contribution is -0.143.